The molecule has 0 aromatic heterocycles. The number of benzene rings is 1. The van der Waals surface area contributed by atoms with Gasteiger partial charge < -0.3 is 4.74 Å². The summed E-state index contributed by atoms with van der Waals surface area (Å²) in [6, 6.07) is 7.91. The highest BCUT2D eigenvalue weighted by molar-refractivity contribution is 9.09. The first-order valence-electron chi connectivity index (χ1n) is 5.67. The molecule has 0 amide bonds. The van der Waals surface area contributed by atoms with Crippen molar-refractivity contribution in [2.75, 3.05) is 5.33 Å². The molecular formula is C13H16BrClO. The zero-order valence-corrected chi connectivity index (χ0v) is 11.7. The van der Waals surface area contributed by atoms with Gasteiger partial charge in [-0.2, -0.15) is 0 Å². The van der Waals surface area contributed by atoms with E-state index in [4.69, 9.17) is 16.3 Å². The number of alkyl halides is 1. The Morgan fingerprint density at radius 1 is 1.50 bits per heavy atom. The molecule has 1 aromatic carbocycles. The molecule has 1 aliphatic rings. The van der Waals surface area contributed by atoms with Crippen LogP contribution in [0.1, 0.15) is 31.4 Å². The zero-order valence-electron chi connectivity index (χ0n) is 9.33. The van der Waals surface area contributed by atoms with Crippen LogP contribution in [0.3, 0.4) is 0 Å². The molecule has 0 spiro atoms. The molecule has 0 aliphatic heterocycles. The van der Waals surface area contributed by atoms with Gasteiger partial charge in [-0.3, -0.25) is 0 Å². The zero-order chi connectivity index (χ0) is 11.5. The Hall–Kier alpha value is -0.0500. The van der Waals surface area contributed by atoms with Crippen molar-refractivity contribution >= 4 is 27.5 Å². The van der Waals surface area contributed by atoms with Crippen molar-refractivity contribution in [3.05, 3.63) is 34.9 Å². The lowest BCUT2D eigenvalue weighted by molar-refractivity contribution is -0.00151. The molecule has 1 saturated carbocycles. The molecule has 0 N–H and O–H groups in total. The van der Waals surface area contributed by atoms with Crippen molar-refractivity contribution < 1.29 is 4.74 Å². The second-order valence-electron chi connectivity index (χ2n) is 4.38. The molecule has 16 heavy (non-hydrogen) atoms. The van der Waals surface area contributed by atoms with E-state index >= 15 is 0 Å². The van der Waals surface area contributed by atoms with Crippen LogP contribution in [0.25, 0.3) is 0 Å². The maximum absolute atomic E-state index is 6.06. The summed E-state index contributed by atoms with van der Waals surface area (Å²) in [5.74, 6) is 0.765. The predicted molar refractivity (Wildman–Crippen MR) is 71.3 cm³/mol. The van der Waals surface area contributed by atoms with Crippen LogP contribution in [-0.4, -0.2) is 11.4 Å². The molecule has 0 bridgehead atoms. The summed E-state index contributed by atoms with van der Waals surface area (Å²) >= 11 is 9.49. The maximum Gasteiger partial charge on any atom is 0.0925 e. The summed E-state index contributed by atoms with van der Waals surface area (Å²) in [4.78, 5) is 0. The fourth-order valence-electron chi connectivity index (χ4n) is 1.85. The third-order valence-corrected chi connectivity index (χ3v) is 3.85. The number of halogens is 2. The van der Waals surface area contributed by atoms with E-state index in [9.17, 15) is 0 Å². The van der Waals surface area contributed by atoms with Crippen molar-refractivity contribution in [3.8, 4) is 0 Å². The first-order chi connectivity index (χ1) is 7.70. The van der Waals surface area contributed by atoms with Gasteiger partial charge in [0.15, 0.2) is 0 Å². The van der Waals surface area contributed by atoms with Gasteiger partial charge in [0.1, 0.15) is 0 Å². The standard InChI is InChI=1S/C13H16BrClO/c1-9(10-5-6-10)16-13(8-14)11-3-2-4-12(15)7-11/h2-4,7,9-10,13H,5-6,8H2,1H3. The lowest BCUT2D eigenvalue weighted by Crippen LogP contribution is -2.16. The van der Waals surface area contributed by atoms with Gasteiger partial charge in [-0.15, -0.1) is 0 Å². The summed E-state index contributed by atoms with van der Waals surface area (Å²) in [6.07, 6.45) is 3.08. The Labute approximate surface area is 110 Å². The molecule has 3 heteroatoms. The van der Waals surface area contributed by atoms with Gasteiger partial charge in [-0.05, 0) is 43.4 Å². The van der Waals surface area contributed by atoms with Crippen molar-refractivity contribution in [1.29, 1.82) is 0 Å². The van der Waals surface area contributed by atoms with Crippen LogP contribution in [0.5, 0.6) is 0 Å². The first-order valence-corrected chi connectivity index (χ1v) is 7.17. The first kappa shape index (κ1) is 12.4. The minimum atomic E-state index is 0.106. The molecule has 0 radical (unpaired) electrons. The second-order valence-corrected chi connectivity index (χ2v) is 5.46. The quantitative estimate of drug-likeness (QED) is 0.723. The molecular weight excluding hydrogens is 287 g/mol. The Bertz CT molecular complexity index is 352. The van der Waals surface area contributed by atoms with Crippen LogP contribution in [0.2, 0.25) is 5.02 Å². The van der Waals surface area contributed by atoms with Gasteiger partial charge in [0.05, 0.1) is 12.2 Å². The number of rotatable bonds is 5. The summed E-state index contributed by atoms with van der Waals surface area (Å²) in [6.45, 7) is 2.16. The average Bonchev–Trinajstić information content (AvgIpc) is 3.09. The van der Waals surface area contributed by atoms with E-state index < -0.39 is 0 Å². The summed E-state index contributed by atoms with van der Waals surface area (Å²) in [7, 11) is 0. The summed E-state index contributed by atoms with van der Waals surface area (Å²) in [5, 5.41) is 1.58. The minimum absolute atomic E-state index is 0.106. The predicted octanol–water partition coefficient (Wildman–Crippen LogP) is 4.59. The molecule has 1 aliphatic carbocycles. The van der Waals surface area contributed by atoms with Crippen LogP contribution in [0.4, 0.5) is 0 Å². The van der Waals surface area contributed by atoms with Gasteiger partial charge in [0.25, 0.3) is 0 Å². The molecule has 0 heterocycles. The van der Waals surface area contributed by atoms with Gasteiger partial charge in [-0.25, -0.2) is 0 Å². The molecule has 0 saturated heterocycles. The fourth-order valence-corrected chi connectivity index (χ4v) is 2.57. The molecule has 2 atom stereocenters. The molecule has 2 unspecified atom stereocenters. The van der Waals surface area contributed by atoms with Gasteiger partial charge in [0, 0.05) is 10.4 Å². The fraction of sp³-hybridized carbons (Fsp3) is 0.538. The number of ether oxygens (including phenoxy) is 1. The molecule has 1 nitrogen and oxygen atoms in total. The van der Waals surface area contributed by atoms with E-state index in [1.54, 1.807) is 0 Å². The Morgan fingerprint density at radius 3 is 2.81 bits per heavy atom. The van der Waals surface area contributed by atoms with Crippen LogP contribution in [0, 0.1) is 5.92 Å². The highest BCUT2D eigenvalue weighted by Crippen LogP contribution is 2.36. The van der Waals surface area contributed by atoms with E-state index in [0.717, 1.165) is 21.8 Å². The van der Waals surface area contributed by atoms with Crippen LogP contribution >= 0.6 is 27.5 Å². The SMILES string of the molecule is CC(OC(CBr)c1cccc(Cl)c1)C1CC1. The Balaban J connectivity index is 2.03. The minimum Gasteiger partial charge on any atom is -0.369 e. The van der Waals surface area contributed by atoms with Gasteiger partial charge in [-0.1, -0.05) is 39.7 Å². The highest BCUT2D eigenvalue weighted by atomic mass is 79.9. The smallest absolute Gasteiger partial charge is 0.0925 e. The van der Waals surface area contributed by atoms with E-state index in [1.807, 2.05) is 18.2 Å². The summed E-state index contributed by atoms with van der Waals surface area (Å²) < 4.78 is 6.06. The Kier molecular flexibility index (Phi) is 4.28. The normalized spacial score (nSPS) is 19.4. The van der Waals surface area contributed by atoms with E-state index in [2.05, 4.69) is 28.9 Å². The number of hydrogen-bond donors (Lipinski definition) is 0. The largest absolute Gasteiger partial charge is 0.369 e. The van der Waals surface area contributed by atoms with Gasteiger partial charge >= 0.3 is 0 Å². The van der Waals surface area contributed by atoms with E-state index in [0.29, 0.717) is 6.10 Å². The molecule has 1 aromatic rings. The molecule has 88 valence electrons. The van der Waals surface area contributed by atoms with Crippen molar-refractivity contribution in [1.82, 2.24) is 0 Å². The molecule has 2 rings (SSSR count). The average molecular weight is 304 g/mol. The van der Waals surface area contributed by atoms with Crippen LogP contribution < -0.4 is 0 Å². The lowest BCUT2D eigenvalue weighted by atomic mass is 10.1. The monoisotopic (exact) mass is 302 g/mol. The highest BCUT2D eigenvalue weighted by Gasteiger charge is 2.30. The maximum atomic E-state index is 6.06. The van der Waals surface area contributed by atoms with Crippen LogP contribution in [-0.2, 0) is 4.74 Å². The topological polar surface area (TPSA) is 9.23 Å². The van der Waals surface area contributed by atoms with E-state index in [1.165, 1.54) is 12.8 Å². The molecule has 1 fully saturated rings. The number of hydrogen-bond acceptors (Lipinski definition) is 1. The van der Waals surface area contributed by atoms with E-state index in [-0.39, 0.29) is 6.10 Å². The summed E-state index contributed by atoms with van der Waals surface area (Å²) in [5.41, 5.74) is 1.15. The second kappa shape index (κ2) is 5.52. The lowest BCUT2D eigenvalue weighted by Gasteiger charge is -2.21. The third-order valence-electron chi connectivity index (χ3n) is 3.03. The van der Waals surface area contributed by atoms with Crippen molar-refractivity contribution in [2.24, 2.45) is 5.92 Å². The third kappa shape index (κ3) is 3.22. The van der Waals surface area contributed by atoms with Gasteiger partial charge in [0.2, 0.25) is 0 Å². The van der Waals surface area contributed by atoms with Crippen molar-refractivity contribution in [2.45, 2.75) is 32.0 Å². The van der Waals surface area contributed by atoms with Crippen LogP contribution in [0.15, 0.2) is 24.3 Å². The van der Waals surface area contributed by atoms with Crippen molar-refractivity contribution in [3.63, 3.8) is 0 Å². The Morgan fingerprint density at radius 2 is 2.25 bits per heavy atom.